The first-order valence-corrected chi connectivity index (χ1v) is 8.36. The zero-order valence-corrected chi connectivity index (χ0v) is 14.8. The molecule has 0 aliphatic heterocycles. The standard InChI is InChI=1S/C19H20FN3O4/c1-2-27-14-9-7-13(8-10-14)21-17(24)11-12-18(25)22-23-19(26)15-5-3-4-6-16(15)20/h3-10H,2,11-12H2,1H3,(H,21,24)(H,22,25)(H,23,26). The molecule has 2 rings (SSSR count). The second kappa shape index (κ2) is 9.91. The van der Waals surface area contributed by atoms with Gasteiger partial charge in [0.2, 0.25) is 11.8 Å². The van der Waals surface area contributed by atoms with Gasteiger partial charge in [-0.15, -0.1) is 0 Å². The second-order valence-corrected chi connectivity index (χ2v) is 5.49. The quantitative estimate of drug-likeness (QED) is 0.650. The van der Waals surface area contributed by atoms with Crippen molar-refractivity contribution in [3.05, 3.63) is 59.9 Å². The molecule has 0 aromatic heterocycles. The predicted octanol–water partition coefficient (Wildman–Crippen LogP) is 2.40. The molecule has 0 radical (unpaired) electrons. The highest BCUT2D eigenvalue weighted by atomic mass is 19.1. The monoisotopic (exact) mass is 373 g/mol. The zero-order chi connectivity index (χ0) is 19.6. The van der Waals surface area contributed by atoms with Gasteiger partial charge in [-0.1, -0.05) is 12.1 Å². The molecule has 0 unspecified atom stereocenters. The van der Waals surface area contributed by atoms with Gasteiger partial charge in [-0.2, -0.15) is 0 Å². The van der Waals surface area contributed by atoms with E-state index in [0.29, 0.717) is 18.0 Å². The highest BCUT2D eigenvalue weighted by Gasteiger charge is 2.12. The van der Waals surface area contributed by atoms with Crippen LogP contribution in [0.2, 0.25) is 0 Å². The molecule has 0 aliphatic rings. The van der Waals surface area contributed by atoms with Crippen molar-refractivity contribution in [2.24, 2.45) is 0 Å². The van der Waals surface area contributed by atoms with Crippen molar-refractivity contribution < 1.29 is 23.5 Å². The number of amides is 3. The van der Waals surface area contributed by atoms with Crippen LogP contribution in [0.25, 0.3) is 0 Å². The van der Waals surface area contributed by atoms with Gasteiger partial charge in [-0.25, -0.2) is 4.39 Å². The lowest BCUT2D eigenvalue weighted by atomic mass is 10.2. The summed E-state index contributed by atoms with van der Waals surface area (Å²) in [4.78, 5) is 35.4. The number of carbonyl (C=O) groups is 3. The maximum atomic E-state index is 13.5. The molecule has 0 fully saturated rings. The van der Waals surface area contributed by atoms with Crippen LogP contribution in [0.1, 0.15) is 30.1 Å². The number of anilines is 1. The van der Waals surface area contributed by atoms with E-state index >= 15 is 0 Å². The first kappa shape index (κ1) is 19.9. The molecule has 3 N–H and O–H groups in total. The maximum absolute atomic E-state index is 13.5. The summed E-state index contributed by atoms with van der Waals surface area (Å²) in [5, 5.41) is 2.65. The van der Waals surface area contributed by atoms with Gasteiger partial charge >= 0.3 is 0 Å². The van der Waals surface area contributed by atoms with Gasteiger partial charge in [0, 0.05) is 18.5 Å². The molecule has 7 nitrogen and oxygen atoms in total. The van der Waals surface area contributed by atoms with E-state index in [0.717, 1.165) is 6.07 Å². The Morgan fingerprint density at radius 2 is 1.59 bits per heavy atom. The molecule has 0 atom stereocenters. The summed E-state index contributed by atoms with van der Waals surface area (Å²) in [6, 6.07) is 12.2. The highest BCUT2D eigenvalue weighted by molar-refractivity contribution is 5.96. The van der Waals surface area contributed by atoms with Crippen LogP contribution < -0.4 is 20.9 Å². The van der Waals surface area contributed by atoms with Crippen molar-refractivity contribution in [2.45, 2.75) is 19.8 Å². The third-order valence-corrected chi connectivity index (χ3v) is 3.46. The number of hydrogen-bond acceptors (Lipinski definition) is 4. The van der Waals surface area contributed by atoms with Gasteiger partial charge in [0.15, 0.2) is 0 Å². The number of hydrogen-bond donors (Lipinski definition) is 3. The zero-order valence-electron chi connectivity index (χ0n) is 14.8. The van der Waals surface area contributed by atoms with E-state index in [1.807, 2.05) is 6.92 Å². The highest BCUT2D eigenvalue weighted by Crippen LogP contribution is 2.15. The molecule has 0 bridgehead atoms. The van der Waals surface area contributed by atoms with Crippen LogP contribution in [0.3, 0.4) is 0 Å². The lowest BCUT2D eigenvalue weighted by Crippen LogP contribution is -2.42. The SMILES string of the molecule is CCOc1ccc(NC(=O)CCC(=O)NNC(=O)c2ccccc2F)cc1. The van der Waals surface area contributed by atoms with Crippen molar-refractivity contribution in [3.8, 4) is 5.75 Å². The van der Waals surface area contributed by atoms with Gasteiger partial charge in [-0.3, -0.25) is 25.2 Å². The van der Waals surface area contributed by atoms with Gasteiger partial charge < -0.3 is 10.1 Å². The smallest absolute Gasteiger partial charge is 0.272 e. The third-order valence-electron chi connectivity index (χ3n) is 3.46. The van der Waals surface area contributed by atoms with Crippen molar-refractivity contribution >= 4 is 23.4 Å². The second-order valence-electron chi connectivity index (χ2n) is 5.49. The molecule has 2 aromatic rings. The Hall–Kier alpha value is -3.42. The first-order chi connectivity index (χ1) is 13.0. The summed E-state index contributed by atoms with van der Waals surface area (Å²) < 4.78 is 18.8. The van der Waals surface area contributed by atoms with E-state index in [1.54, 1.807) is 24.3 Å². The molecule has 2 aromatic carbocycles. The molecule has 27 heavy (non-hydrogen) atoms. The van der Waals surface area contributed by atoms with Gasteiger partial charge in [0.05, 0.1) is 12.2 Å². The molecule has 0 saturated carbocycles. The molecule has 0 saturated heterocycles. The third kappa shape index (κ3) is 6.43. The molecule has 3 amide bonds. The number of rotatable bonds is 7. The molecule has 0 heterocycles. The summed E-state index contributed by atoms with van der Waals surface area (Å²) in [6.07, 6.45) is -0.213. The Morgan fingerprint density at radius 1 is 0.926 bits per heavy atom. The molecule has 142 valence electrons. The maximum Gasteiger partial charge on any atom is 0.272 e. The Labute approximate surface area is 155 Å². The molecule has 0 aliphatic carbocycles. The summed E-state index contributed by atoms with van der Waals surface area (Å²) in [6.45, 7) is 2.42. The fourth-order valence-corrected chi connectivity index (χ4v) is 2.15. The number of carbonyl (C=O) groups excluding carboxylic acids is 3. The Bertz CT molecular complexity index is 809. The van der Waals surface area contributed by atoms with Crippen LogP contribution in [0.15, 0.2) is 48.5 Å². The van der Waals surface area contributed by atoms with Crippen LogP contribution in [0.4, 0.5) is 10.1 Å². The average Bonchev–Trinajstić information content (AvgIpc) is 2.66. The van der Waals surface area contributed by atoms with Crippen LogP contribution in [-0.2, 0) is 9.59 Å². The number of halogens is 1. The van der Waals surface area contributed by atoms with Crippen molar-refractivity contribution in [1.82, 2.24) is 10.9 Å². The minimum Gasteiger partial charge on any atom is -0.494 e. The summed E-state index contributed by atoms with van der Waals surface area (Å²) in [5.41, 5.74) is 4.65. The molecule has 8 heteroatoms. The first-order valence-electron chi connectivity index (χ1n) is 8.36. The van der Waals surface area contributed by atoms with Crippen molar-refractivity contribution in [1.29, 1.82) is 0 Å². The minimum absolute atomic E-state index is 0.0748. The summed E-state index contributed by atoms with van der Waals surface area (Å²) in [5.74, 6) is -1.70. The fraction of sp³-hybridized carbons (Fsp3) is 0.211. The van der Waals surface area contributed by atoms with Gasteiger partial charge in [-0.05, 0) is 43.3 Å². The van der Waals surface area contributed by atoms with Crippen LogP contribution in [0.5, 0.6) is 5.75 Å². The normalized spacial score (nSPS) is 10.0. The minimum atomic E-state index is -0.778. The van der Waals surface area contributed by atoms with E-state index in [1.165, 1.54) is 18.2 Å². The largest absolute Gasteiger partial charge is 0.494 e. The van der Waals surface area contributed by atoms with Crippen molar-refractivity contribution in [2.75, 3.05) is 11.9 Å². The lowest BCUT2D eigenvalue weighted by Gasteiger charge is -2.09. The van der Waals surface area contributed by atoms with E-state index in [2.05, 4.69) is 16.2 Å². The van der Waals surface area contributed by atoms with E-state index in [-0.39, 0.29) is 24.3 Å². The summed E-state index contributed by atoms with van der Waals surface area (Å²) >= 11 is 0. The predicted molar refractivity (Wildman–Crippen MR) is 97.5 cm³/mol. The van der Waals surface area contributed by atoms with Crippen LogP contribution in [0, 0.1) is 5.82 Å². The Morgan fingerprint density at radius 3 is 2.26 bits per heavy atom. The summed E-state index contributed by atoms with van der Waals surface area (Å²) in [7, 11) is 0. The molecular formula is C19H20FN3O4. The van der Waals surface area contributed by atoms with Gasteiger partial charge in [0.25, 0.3) is 5.91 Å². The van der Waals surface area contributed by atoms with E-state index < -0.39 is 17.6 Å². The topological polar surface area (TPSA) is 96.5 Å². The van der Waals surface area contributed by atoms with Gasteiger partial charge in [0.1, 0.15) is 11.6 Å². The van der Waals surface area contributed by atoms with E-state index in [4.69, 9.17) is 4.74 Å². The number of ether oxygens (including phenoxy) is 1. The lowest BCUT2D eigenvalue weighted by molar-refractivity contribution is -0.124. The van der Waals surface area contributed by atoms with E-state index in [9.17, 15) is 18.8 Å². The number of hydrazine groups is 1. The van der Waals surface area contributed by atoms with Crippen LogP contribution >= 0.6 is 0 Å². The molecular weight excluding hydrogens is 353 g/mol. The number of nitrogens with one attached hydrogen (secondary N) is 3. The Balaban J connectivity index is 1.72. The van der Waals surface area contributed by atoms with Crippen LogP contribution in [-0.4, -0.2) is 24.3 Å². The van der Waals surface area contributed by atoms with Crippen molar-refractivity contribution in [3.63, 3.8) is 0 Å². The Kier molecular flexibility index (Phi) is 7.30. The molecule has 0 spiro atoms. The number of benzene rings is 2. The fourth-order valence-electron chi connectivity index (χ4n) is 2.15. The average molecular weight is 373 g/mol.